The number of likely N-dealkylation sites (N-methyl/N-ethyl adjacent to an activating group) is 1. The van der Waals surface area contributed by atoms with Crippen LogP contribution in [0.5, 0.6) is 0 Å². The lowest BCUT2D eigenvalue weighted by Gasteiger charge is -2.18. The zero-order valence-electron chi connectivity index (χ0n) is 6.37. The Balaban J connectivity index is 3.43. The van der Waals surface area contributed by atoms with Crippen molar-refractivity contribution in [2.75, 3.05) is 26.7 Å². The summed E-state index contributed by atoms with van der Waals surface area (Å²) in [5.74, 6) is 0. The van der Waals surface area contributed by atoms with E-state index in [0.29, 0.717) is 0 Å². The van der Waals surface area contributed by atoms with Crippen LogP contribution in [0.4, 0.5) is 8.78 Å². The molecule has 0 spiro atoms. The van der Waals surface area contributed by atoms with Gasteiger partial charge in [-0.15, -0.1) is 0 Å². The van der Waals surface area contributed by atoms with E-state index >= 15 is 0 Å². The Labute approximate surface area is 64.2 Å². The minimum Gasteiger partial charge on any atom is -0.394 e. The van der Waals surface area contributed by atoms with Gasteiger partial charge in [-0.25, -0.2) is 8.78 Å². The van der Waals surface area contributed by atoms with E-state index in [1.807, 2.05) is 0 Å². The Morgan fingerprint density at radius 3 is 2.27 bits per heavy atom. The summed E-state index contributed by atoms with van der Waals surface area (Å²) in [6.45, 7) is -0.703. The lowest BCUT2D eigenvalue weighted by molar-refractivity contribution is 0.0415. The van der Waals surface area contributed by atoms with Gasteiger partial charge in [-0.3, -0.25) is 4.90 Å². The third-order valence-electron chi connectivity index (χ3n) is 1.18. The topological polar surface area (TPSA) is 43.7 Å². The number of hydrogen-bond donors (Lipinski definition) is 2. The highest BCUT2D eigenvalue weighted by Gasteiger charge is 2.10. The van der Waals surface area contributed by atoms with Gasteiger partial charge in [-0.2, -0.15) is 0 Å². The van der Waals surface area contributed by atoms with Crippen LogP contribution in [0.15, 0.2) is 0 Å². The molecule has 0 aromatic heterocycles. The molecule has 0 aromatic rings. The van der Waals surface area contributed by atoms with E-state index in [1.54, 1.807) is 0 Å². The Hall–Kier alpha value is -0.260. The predicted molar refractivity (Wildman–Crippen MR) is 36.6 cm³/mol. The minimum atomic E-state index is -2.40. The lowest BCUT2D eigenvalue weighted by Crippen LogP contribution is -2.34. The zero-order chi connectivity index (χ0) is 8.85. The molecule has 0 aliphatic heterocycles. The van der Waals surface area contributed by atoms with Crippen molar-refractivity contribution in [3.63, 3.8) is 0 Å². The second-order valence-electron chi connectivity index (χ2n) is 2.45. The molecule has 11 heavy (non-hydrogen) atoms. The molecule has 0 aromatic carbocycles. The Kier molecular flexibility index (Phi) is 5.27. The van der Waals surface area contributed by atoms with Crippen LogP contribution >= 0.6 is 0 Å². The van der Waals surface area contributed by atoms with Crippen LogP contribution in [0.25, 0.3) is 0 Å². The van der Waals surface area contributed by atoms with Gasteiger partial charge in [0.2, 0.25) is 0 Å². The molecule has 5 heteroatoms. The van der Waals surface area contributed by atoms with Crippen molar-refractivity contribution in [1.29, 1.82) is 0 Å². The van der Waals surface area contributed by atoms with Crippen LogP contribution in [0.1, 0.15) is 0 Å². The maximum atomic E-state index is 11.7. The molecule has 1 unspecified atom stereocenters. The number of aliphatic hydroxyl groups is 2. The molecular formula is C6H13F2NO2. The fourth-order valence-corrected chi connectivity index (χ4v) is 0.728. The fourth-order valence-electron chi connectivity index (χ4n) is 0.728. The summed E-state index contributed by atoms with van der Waals surface area (Å²) in [5.41, 5.74) is 0. The Morgan fingerprint density at radius 1 is 1.36 bits per heavy atom. The van der Waals surface area contributed by atoms with Gasteiger partial charge in [-0.05, 0) is 7.05 Å². The van der Waals surface area contributed by atoms with Gasteiger partial charge in [0, 0.05) is 6.54 Å². The van der Waals surface area contributed by atoms with Gasteiger partial charge in [0.05, 0.1) is 19.3 Å². The monoisotopic (exact) mass is 169 g/mol. The largest absolute Gasteiger partial charge is 0.394 e. The Morgan fingerprint density at radius 2 is 1.91 bits per heavy atom. The summed E-state index contributed by atoms with van der Waals surface area (Å²) in [4.78, 5) is 1.27. The van der Waals surface area contributed by atoms with Crippen molar-refractivity contribution in [3.05, 3.63) is 0 Å². The van der Waals surface area contributed by atoms with Crippen LogP contribution < -0.4 is 0 Å². The van der Waals surface area contributed by atoms with E-state index in [2.05, 4.69) is 0 Å². The maximum absolute atomic E-state index is 11.7. The fraction of sp³-hybridized carbons (Fsp3) is 1.00. The molecule has 0 amide bonds. The average molecular weight is 169 g/mol. The molecule has 0 bridgehead atoms. The van der Waals surface area contributed by atoms with Crippen molar-refractivity contribution in [1.82, 2.24) is 4.90 Å². The van der Waals surface area contributed by atoms with E-state index in [-0.39, 0.29) is 13.1 Å². The standard InChI is InChI=1S/C6H13F2NO2/c1-9(3-6(7)8)2-5(11)4-10/h5-6,10-11H,2-4H2,1H3. The van der Waals surface area contributed by atoms with Crippen molar-refractivity contribution < 1.29 is 19.0 Å². The zero-order valence-corrected chi connectivity index (χ0v) is 6.37. The van der Waals surface area contributed by atoms with Gasteiger partial charge < -0.3 is 10.2 Å². The molecule has 2 N–H and O–H groups in total. The first-order valence-electron chi connectivity index (χ1n) is 3.32. The number of hydrogen-bond acceptors (Lipinski definition) is 3. The highest BCUT2D eigenvalue weighted by molar-refractivity contribution is 4.60. The summed E-state index contributed by atoms with van der Waals surface area (Å²) in [5, 5.41) is 17.2. The van der Waals surface area contributed by atoms with Crippen molar-refractivity contribution in [3.8, 4) is 0 Å². The molecule has 0 heterocycles. The third-order valence-corrected chi connectivity index (χ3v) is 1.18. The number of halogens is 2. The van der Waals surface area contributed by atoms with Gasteiger partial charge in [0.15, 0.2) is 0 Å². The minimum absolute atomic E-state index is 0.0703. The van der Waals surface area contributed by atoms with E-state index in [1.165, 1.54) is 11.9 Å². The van der Waals surface area contributed by atoms with E-state index in [0.717, 1.165) is 0 Å². The smallest absolute Gasteiger partial charge is 0.251 e. The molecule has 0 saturated carbocycles. The van der Waals surface area contributed by atoms with E-state index in [9.17, 15) is 8.78 Å². The van der Waals surface area contributed by atoms with Crippen molar-refractivity contribution in [2.24, 2.45) is 0 Å². The van der Waals surface area contributed by atoms with Gasteiger partial charge in [-0.1, -0.05) is 0 Å². The molecule has 0 aliphatic carbocycles. The number of alkyl halides is 2. The molecule has 0 saturated heterocycles. The van der Waals surface area contributed by atoms with E-state index < -0.39 is 19.1 Å². The molecule has 1 atom stereocenters. The molecular weight excluding hydrogens is 156 g/mol. The van der Waals surface area contributed by atoms with E-state index in [4.69, 9.17) is 10.2 Å². The summed E-state index contributed by atoms with van der Waals surface area (Å²) in [7, 11) is 1.46. The summed E-state index contributed by atoms with van der Waals surface area (Å²) >= 11 is 0. The van der Waals surface area contributed by atoms with Gasteiger partial charge >= 0.3 is 0 Å². The van der Waals surface area contributed by atoms with Gasteiger partial charge in [0.25, 0.3) is 6.43 Å². The molecule has 3 nitrogen and oxygen atoms in total. The normalized spacial score (nSPS) is 14.5. The van der Waals surface area contributed by atoms with Crippen LogP contribution in [0.3, 0.4) is 0 Å². The molecule has 0 radical (unpaired) electrons. The number of rotatable bonds is 5. The average Bonchev–Trinajstić information content (AvgIpc) is 1.85. The molecule has 0 fully saturated rings. The summed E-state index contributed by atoms with van der Waals surface area (Å²) in [6.07, 6.45) is -3.33. The Bertz CT molecular complexity index is 103. The highest BCUT2D eigenvalue weighted by atomic mass is 19.3. The summed E-state index contributed by atoms with van der Waals surface area (Å²) < 4.78 is 23.3. The first-order chi connectivity index (χ1) is 5.06. The molecule has 0 rings (SSSR count). The predicted octanol–water partition coefficient (Wildman–Crippen LogP) is -0.463. The molecule has 0 aliphatic rings. The summed E-state index contributed by atoms with van der Waals surface area (Å²) in [6, 6.07) is 0. The van der Waals surface area contributed by atoms with Crippen molar-refractivity contribution >= 4 is 0 Å². The maximum Gasteiger partial charge on any atom is 0.251 e. The quantitative estimate of drug-likeness (QED) is 0.585. The highest BCUT2D eigenvalue weighted by Crippen LogP contribution is 1.96. The van der Waals surface area contributed by atoms with Crippen molar-refractivity contribution in [2.45, 2.75) is 12.5 Å². The third kappa shape index (κ3) is 6.15. The van der Waals surface area contributed by atoms with Crippen LogP contribution in [-0.2, 0) is 0 Å². The first-order valence-corrected chi connectivity index (χ1v) is 3.32. The number of nitrogens with zero attached hydrogens (tertiary/aromatic N) is 1. The number of aliphatic hydroxyl groups excluding tert-OH is 2. The second kappa shape index (κ2) is 5.40. The van der Waals surface area contributed by atoms with Crippen LogP contribution in [0.2, 0.25) is 0 Å². The SMILES string of the molecule is CN(CC(F)F)CC(O)CO. The second-order valence-corrected chi connectivity index (χ2v) is 2.45. The molecule has 68 valence electrons. The lowest BCUT2D eigenvalue weighted by atomic mass is 10.3. The first kappa shape index (κ1) is 10.7. The van der Waals surface area contributed by atoms with Gasteiger partial charge in [0.1, 0.15) is 0 Å². The van der Waals surface area contributed by atoms with Crippen LogP contribution in [-0.4, -0.2) is 54.4 Å². The van der Waals surface area contributed by atoms with Crippen LogP contribution in [0, 0.1) is 0 Å².